The van der Waals surface area contributed by atoms with Crippen LogP contribution in [0.4, 0.5) is 4.79 Å². The van der Waals surface area contributed by atoms with Gasteiger partial charge in [0.15, 0.2) is 23.6 Å². The van der Waals surface area contributed by atoms with E-state index in [2.05, 4.69) is 5.32 Å². The first-order valence-electron chi connectivity index (χ1n) is 24.6. The number of benzene rings is 2. The van der Waals surface area contributed by atoms with Crippen LogP contribution in [0.3, 0.4) is 0 Å². The first kappa shape index (κ1) is 55.9. The average Bonchev–Trinajstić information content (AvgIpc) is 4.22. The van der Waals surface area contributed by atoms with Crippen LogP contribution in [0.25, 0.3) is 0 Å². The topological polar surface area (TPSA) is 318 Å². The predicted octanol–water partition coefficient (Wildman–Crippen LogP) is 1.95. The molecule has 3 saturated carbocycles. The van der Waals surface area contributed by atoms with Crippen molar-refractivity contribution in [3.8, 4) is 0 Å². The summed E-state index contributed by atoms with van der Waals surface area (Å²) >= 11 is 0. The highest BCUT2D eigenvalue weighted by Crippen LogP contribution is 2.65. The first-order chi connectivity index (χ1) is 34.8. The second kappa shape index (κ2) is 21.1. The van der Waals surface area contributed by atoms with Gasteiger partial charge in [0, 0.05) is 25.2 Å². The van der Waals surface area contributed by atoms with Gasteiger partial charge in [-0.25, -0.2) is 14.4 Å². The number of amides is 1. The molecule has 7 N–H and O–H groups in total. The van der Waals surface area contributed by atoms with Gasteiger partial charge >= 0.3 is 35.9 Å². The minimum absolute atomic E-state index is 0.0265. The molecule has 0 aromatic heterocycles. The lowest BCUT2D eigenvalue weighted by molar-refractivity contribution is -0.347. The third-order valence-corrected chi connectivity index (χ3v) is 16.1. The van der Waals surface area contributed by atoms with Crippen molar-refractivity contribution < 1.29 is 97.4 Å². The zero-order valence-electron chi connectivity index (χ0n) is 42.4. The largest absolute Gasteiger partial charge is 0.461 e. The Morgan fingerprint density at radius 2 is 1.39 bits per heavy atom. The van der Waals surface area contributed by atoms with E-state index in [9.17, 15) is 59.4 Å². The Morgan fingerprint density at radius 3 is 1.92 bits per heavy atom. The van der Waals surface area contributed by atoms with E-state index in [1.165, 1.54) is 58.9 Å². The van der Waals surface area contributed by atoms with E-state index in [0.717, 1.165) is 26.7 Å². The second-order valence-electron chi connectivity index (χ2n) is 21.6. The quantitative estimate of drug-likeness (QED) is 0.0637. The van der Waals surface area contributed by atoms with Crippen molar-refractivity contribution in [2.45, 2.75) is 128 Å². The molecule has 21 nitrogen and oxygen atoms in total. The highest BCUT2D eigenvalue weighted by molar-refractivity contribution is 5.96. The number of hydrogen-bond donors (Lipinski definition) is 7. The number of aliphatic hydroxyl groups excluding tert-OH is 5. The predicted molar refractivity (Wildman–Crippen MR) is 254 cm³/mol. The number of carbonyl (C=O) groups excluding carboxylic acids is 7. The molecule has 1 unspecified atom stereocenters. The van der Waals surface area contributed by atoms with Gasteiger partial charge in [-0.1, -0.05) is 62.4 Å². The fourth-order valence-electron chi connectivity index (χ4n) is 10.9. The zero-order chi connectivity index (χ0) is 54.3. The van der Waals surface area contributed by atoms with Crippen molar-refractivity contribution in [2.24, 2.45) is 33.5 Å². The van der Waals surface area contributed by atoms with Crippen LogP contribution in [0.1, 0.15) is 96.1 Å². The minimum atomic E-state index is -2.65. The molecule has 404 valence electrons. The lowest BCUT2D eigenvalue weighted by Crippen LogP contribution is -2.82. The lowest BCUT2D eigenvalue weighted by atomic mass is 9.44. The number of nitrogens with one attached hydrogen (secondary N) is 1. The number of ketones is 1. The molecule has 2 bridgehead atoms. The van der Waals surface area contributed by atoms with E-state index in [0.29, 0.717) is 0 Å². The normalized spacial score (nSPS) is 30.0. The molecule has 74 heavy (non-hydrogen) atoms. The summed E-state index contributed by atoms with van der Waals surface area (Å²) in [5.74, 6) is -8.66. The highest BCUT2D eigenvalue weighted by Gasteiger charge is 2.79. The monoisotopic (exact) mass is 1040 g/mol. The van der Waals surface area contributed by atoms with Crippen LogP contribution in [0.15, 0.2) is 71.8 Å². The van der Waals surface area contributed by atoms with Crippen LogP contribution in [0, 0.1) is 33.5 Å². The number of hydrogen-bond acceptors (Lipinski definition) is 20. The number of ether oxygens (including phenoxy) is 7. The van der Waals surface area contributed by atoms with Crippen molar-refractivity contribution >= 4 is 41.7 Å². The van der Waals surface area contributed by atoms with Crippen LogP contribution >= 0.6 is 0 Å². The standard InChI is InChI=1S/C53H67NO20/c1-28-33(70-44(63)38(60)37(31-14-10-8-11-15-31)54-47(66)68-22-30-18-19-30)21-53(67)42(73-43(62)32-16-12-9-13-17-32)40-51(7,41(61)39(36(28)48(53,3)4)72-46(65)50(6,25-57)26-58)34(71-45(64)49(5,23-55)24-56)20-35-52(40,27-69-35)74-29(2)59/h8-17,30,33-35,37-40,42,55-58,60,67H,18-27H2,1-7H3,(H,54,66)/t33-,34-,35+,37-,38+,39+,40?,42-,51+,52-,53+/m0/s1. The summed E-state index contributed by atoms with van der Waals surface area (Å²) in [7, 11) is 0. The molecule has 1 amide bonds. The van der Waals surface area contributed by atoms with Gasteiger partial charge in [-0.05, 0) is 75.3 Å². The second-order valence-corrected chi connectivity index (χ2v) is 21.6. The molecule has 4 fully saturated rings. The maximum Gasteiger partial charge on any atom is 0.407 e. The molecule has 11 atom stereocenters. The van der Waals surface area contributed by atoms with Crippen LogP contribution in [-0.4, -0.2) is 160 Å². The van der Waals surface area contributed by atoms with Gasteiger partial charge in [0.25, 0.3) is 0 Å². The van der Waals surface area contributed by atoms with Crippen molar-refractivity contribution in [1.82, 2.24) is 5.32 Å². The molecule has 0 radical (unpaired) electrons. The molecule has 21 heteroatoms. The molecule has 4 aliphatic carbocycles. The molecule has 1 heterocycles. The van der Waals surface area contributed by atoms with Gasteiger partial charge in [0.05, 0.1) is 62.6 Å². The summed E-state index contributed by atoms with van der Waals surface area (Å²) in [6.45, 7) is 4.76. The number of carbonyl (C=O) groups is 7. The highest BCUT2D eigenvalue weighted by atomic mass is 16.6. The Kier molecular flexibility index (Phi) is 15.9. The number of aliphatic hydroxyl groups is 6. The Hall–Kier alpha value is -5.81. The summed E-state index contributed by atoms with van der Waals surface area (Å²) in [6.07, 6.45) is -11.5. The van der Waals surface area contributed by atoms with Crippen LogP contribution in [0.2, 0.25) is 0 Å². The summed E-state index contributed by atoms with van der Waals surface area (Å²) < 4.78 is 42.5. The van der Waals surface area contributed by atoms with Crippen LogP contribution in [-0.2, 0) is 57.1 Å². The van der Waals surface area contributed by atoms with Gasteiger partial charge in [-0.15, -0.1) is 0 Å². The van der Waals surface area contributed by atoms with Gasteiger partial charge in [0.2, 0.25) is 0 Å². The SMILES string of the molecule is CC(=O)O[C@@]12CO[C@@H]1C[C@H](OC(=O)C(C)(CO)CO)[C@@]1(C)C(=O)[C@H](OC(=O)C(C)(CO)CO)C3=C(C)[C@@H](OC(=O)[C@H](O)[C@@H](NC(=O)OCC4CC4)c4ccccc4)C[C@@](O)([C@@H](OC(=O)c4ccccc4)C12)C3(C)C. The van der Waals surface area contributed by atoms with Crippen LogP contribution < -0.4 is 5.32 Å². The molecule has 1 aliphatic heterocycles. The Morgan fingerprint density at radius 1 is 0.824 bits per heavy atom. The van der Waals surface area contributed by atoms with Gasteiger partial charge in [-0.2, -0.15) is 0 Å². The van der Waals surface area contributed by atoms with Crippen molar-refractivity contribution in [2.75, 3.05) is 39.6 Å². The number of alkyl carbamates (subject to hydrolysis) is 1. The molecule has 1 saturated heterocycles. The van der Waals surface area contributed by atoms with E-state index in [1.54, 1.807) is 36.4 Å². The van der Waals surface area contributed by atoms with Gasteiger partial charge < -0.3 is 69.1 Å². The Bertz CT molecular complexity index is 2500. The third kappa shape index (κ3) is 9.83. The van der Waals surface area contributed by atoms with Gasteiger partial charge in [-0.3, -0.25) is 19.2 Å². The molecular formula is C53H67NO20. The minimum Gasteiger partial charge on any atom is -0.461 e. The van der Waals surface area contributed by atoms with E-state index in [4.69, 9.17) is 33.2 Å². The van der Waals surface area contributed by atoms with Gasteiger partial charge in [0.1, 0.15) is 40.8 Å². The molecule has 7 rings (SSSR count). The average molecular weight is 1040 g/mol. The maximum absolute atomic E-state index is 16.5. The maximum atomic E-state index is 16.5. The van der Waals surface area contributed by atoms with Crippen molar-refractivity contribution in [3.05, 3.63) is 82.9 Å². The summed E-state index contributed by atoms with van der Waals surface area (Å²) in [5, 5.41) is 70.0. The zero-order valence-corrected chi connectivity index (χ0v) is 42.4. The number of rotatable bonds is 18. The Balaban J connectivity index is 1.47. The molecule has 5 aliphatic rings. The van der Waals surface area contributed by atoms with E-state index >= 15 is 4.79 Å². The van der Waals surface area contributed by atoms with E-state index in [1.807, 2.05) is 0 Å². The van der Waals surface area contributed by atoms with E-state index in [-0.39, 0.29) is 34.8 Å². The summed E-state index contributed by atoms with van der Waals surface area (Å²) in [4.78, 5) is 101. The van der Waals surface area contributed by atoms with Crippen molar-refractivity contribution in [1.29, 1.82) is 0 Å². The van der Waals surface area contributed by atoms with E-state index < -0.39 is 169 Å². The molecular weight excluding hydrogens is 971 g/mol. The third-order valence-electron chi connectivity index (χ3n) is 16.1. The molecule has 0 spiro atoms. The van der Waals surface area contributed by atoms with Crippen molar-refractivity contribution in [3.63, 3.8) is 0 Å². The molecule has 2 aromatic rings. The molecule has 2 aromatic carbocycles. The summed E-state index contributed by atoms with van der Waals surface area (Å²) in [5.41, 5.74) is -13.1. The lowest BCUT2D eigenvalue weighted by Gasteiger charge is -2.67. The Labute approximate surface area is 427 Å². The summed E-state index contributed by atoms with van der Waals surface area (Å²) in [6, 6.07) is 14.0. The van der Waals surface area contributed by atoms with Crippen LogP contribution in [0.5, 0.6) is 0 Å². The number of Topliss-reactive ketones (excluding diaryl/α,β-unsaturated/α-hetero) is 1. The fraction of sp³-hybridized carbons (Fsp3) is 0.604. The number of fused-ring (bicyclic) bond motifs is 5. The number of esters is 5. The first-order valence-corrected chi connectivity index (χ1v) is 24.6. The smallest absolute Gasteiger partial charge is 0.407 e. The fourth-order valence-corrected chi connectivity index (χ4v) is 10.9.